The maximum Gasteiger partial charge on any atom is 0.191 e. The number of hydrogen-bond acceptors (Lipinski definition) is 2. The molecule has 100 valence electrons. The first-order valence-corrected chi connectivity index (χ1v) is 6.58. The van der Waals surface area contributed by atoms with E-state index in [0.29, 0.717) is 6.04 Å². The number of nitrogens with zero attached hydrogens (tertiary/aromatic N) is 3. The molecule has 5 nitrogen and oxygen atoms in total. The van der Waals surface area contributed by atoms with Crippen LogP contribution in [0.1, 0.15) is 36.2 Å². The average Bonchev–Trinajstić information content (AvgIpc) is 2.52. The molecule has 2 rings (SSSR count). The molecule has 1 aliphatic rings. The van der Waals surface area contributed by atoms with Crippen molar-refractivity contribution in [2.45, 2.75) is 45.7 Å². The number of rotatable bonds is 3. The fraction of sp³-hybridized carbons (Fsp3) is 0.692. The van der Waals surface area contributed by atoms with Crippen molar-refractivity contribution in [1.82, 2.24) is 20.4 Å². The Bertz CT molecular complexity index is 442. The standard InChI is InChI=1S/C13H23N5/c1-9-12(10(2)18(4)17-9)8-15-13(14-3)16-11-6-5-7-11/h11H,5-8H2,1-4H3,(H2,14,15,16). The molecular weight excluding hydrogens is 226 g/mol. The molecule has 0 aliphatic heterocycles. The maximum atomic E-state index is 4.42. The summed E-state index contributed by atoms with van der Waals surface area (Å²) in [5, 5.41) is 11.2. The second kappa shape index (κ2) is 5.42. The third kappa shape index (κ3) is 2.66. The van der Waals surface area contributed by atoms with Gasteiger partial charge in [-0.05, 0) is 33.1 Å². The van der Waals surface area contributed by atoms with E-state index in [2.05, 4.69) is 27.6 Å². The number of aromatic nitrogens is 2. The number of nitrogens with one attached hydrogen (secondary N) is 2. The Hall–Kier alpha value is -1.52. The van der Waals surface area contributed by atoms with Crippen LogP contribution in [0, 0.1) is 13.8 Å². The summed E-state index contributed by atoms with van der Waals surface area (Å²) in [6.45, 7) is 4.92. The highest BCUT2D eigenvalue weighted by molar-refractivity contribution is 5.80. The minimum atomic E-state index is 0.604. The lowest BCUT2D eigenvalue weighted by molar-refractivity contribution is 0.380. The zero-order valence-electron chi connectivity index (χ0n) is 11.7. The van der Waals surface area contributed by atoms with E-state index in [1.165, 1.54) is 30.5 Å². The van der Waals surface area contributed by atoms with Gasteiger partial charge in [-0.15, -0.1) is 0 Å². The Balaban J connectivity index is 1.92. The van der Waals surface area contributed by atoms with Crippen LogP contribution < -0.4 is 10.6 Å². The van der Waals surface area contributed by atoms with E-state index < -0.39 is 0 Å². The highest BCUT2D eigenvalue weighted by Crippen LogP contribution is 2.17. The van der Waals surface area contributed by atoms with Crippen LogP contribution in [0.5, 0.6) is 0 Å². The highest BCUT2D eigenvalue weighted by atomic mass is 15.3. The molecule has 1 saturated carbocycles. The number of guanidine groups is 1. The second-order valence-electron chi connectivity index (χ2n) is 4.97. The lowest BCUT2D eigenvalue weighted by Crippen LogP contribution is -2.46. The van der Waals surface area contributed by atoms with E-state index in [-0.39, 0.29) is 0 Å². The Morgan fingerprint density at radius 3 is 2.61 bits per heavy atom. The number of hydrogen-bond donors (Lipinski definition) is 2. The van der Waals surface area contributed by atoms with Crippen LogP contribution in [-0.4, -0.2) is 28.8 Å². The van der Waals surface area contributed by atoms with E-state index >= 15 is 0 Å². The summed E-state index contributed by atoms with van der Waals surface area (Å²) in [6, 6.07) is 0.604. The lowest BCUT2D eigenvalue weighted by Gasteiger charge is -2.28. The van der Waals surface area contributed by atoms with Gasteiger partial charge in [0.2, 0.25) is 0 Å². The van der Waals surface area contributed by atoms with Crippen molar-refractivity contribution in [2.75, 3.05) is 7.05 Å². The van der Waals surface area contributed by atoms with E-state index in [1.54, 1.807) is 0 Å². The summed E-state index contributed by atoms with van der Waals surface area (Å²) in [5.74, 6) is 0.891. The fourth-order valence-electron chi connectivity index (χ4n) is 2.19. The monoisotopic (exact) mass is 249 g/mol. The van der Waals surface area contributed by atoms with Gasteiger partial charge in [0.25, 0.3) is 0 Å². The van der Waals surface area contributed by atoms with E-state index in [0.717, 1.165) is 18.2 Å². The normalized spacial score (nSPS) is 16.6. The molecule has 1 aromatic rings. The van der Waals surface area contributed by atoms with Crippen LogP contribution in [-0.2, 0) is 13.6 Å². The predicted octanol–water partition coefficient (Wildman–Crippen LogP) is 1.25. The van der Waals surface area contributed by atoms with Gasteiger partial charge < -0.3 is 10.6 Å². The molecule has 0 saturated heterocycles. The first kappa shape index (κ1) is 12.9. The summed E-state index contributed by atoms with van der Waals surface area (Å²) in [7, 11) is 3.80. The average molecular weight is 249 g/mol. The van der Waals surface area contributed by atoms with Crippen molar-refractivity contribution in [3.05, 3.63) is 17.0 Å². The van der Waals surface area contributed by atoms with Crippen molar-refractivity contribution >= 4 is 5.96 Å². The molecule has 1 fully saturated rings. The minimum absolute atomic E-state index is 0.604. The van der Waals surface area contributed by atoms with Crippen LogP contribution in [0.2, 0.25) is 0 Å². The summed E-state index contributed by atoms with van der Waals surface area (Å²) in [4.78, 5) is 4.26. The van der Waals surface area contributed by atoms with Crippen molar-refractivity contribution in [3.8, 4) is 0 Å². The Labute approximate surface area is 109 Å². The molecule has 0 radical (unpaired) electrons. The molecule has 0 spiro atoms. The SMILES string of the molecule is CN=C(NCc1c(C)nn(C)c1C)NC1CCC1. The summed E-state index contributed by atoms with van der Waals surface area (Å²) < 4.78 is 1.93. The number of aryl methyl sites for hydroxylation is 2. The summed E-state index contributed by atoms with van der Waals surface area (Å²) in [6.07, 6.45) is 3.84. The van der Waals surface area contributed by atoms with Crippen LogP contribution in [0.15, 0.2) is 4.99 Å². The third-order valence-corrected chi connectivity index (χ3v) is 3.76. The largest absolute Gasteiger partial charge is 0.354 e. The molecule has 2 N–H and O–H groups in total. The molecule has 1 heterocycles. The van der Waals surface area contributed by atoms with Crippen molar-refractivity contribution in [1.29, 1.82) is 0 Å². The summed E-state index contributed by atoms with van der Waals surface area (Å²) in [5.41, 5.74) is 3.55. The van der Waals surface area contributed by atoms with Gasteiger partial charge in [-0.2, -0.15) is 5.10 Å². The molecule has 0 aromatic carbocycles. The zero-order chi connectivity index (χ0) is 13.1. The van der Waals surface area contributed by atoms with Gasteiger partial charge >= 0.3 is 0 Å². The molecule has 0 unspecified atom stereocenters. The lowest BCUT2D eigenvalue weighted by atomic mass is 9.93. The van der Waals surface area contributed by atoms with Crippen LogP contribution >= 0.6 is 0 Å². The molecule has 0 atom stereocenters. The van der Waals surface area contributed by atoms with Gasteiger partial charge in [0.15, 0.2) is 5.96 Å². The Morgan fingerprint density at radius 2 is 2.17 bits per heavy atom. The molecule has 1 aliphatic carbocycles. The maximum absolute atomic E-state index is 4.42. The van der Waals surface area contributed by atoms with E-state index in [9.17, 15) is 0 Å². The molecule has 1 aromatic heterocycles. The van der Waals surface area contributed by atoms with Gasteiger partial charge in [-0.3, -0.25) is 9.67 Å². The van der Waals surface area contributed by atoms with Crippen LogP contribution in [0.25, 0.3) is 0 Å². The van der Waals surface area contributed by atoms with Crippen molar-refractivity contribution in [2.24, 2.45) is 12.0 Å². The number of aliphatic imine (C=N–C) groups is 1. The Kier molecular flexibility index (Phi) is 3.89. The van der Waals surface area contributed by atoms with Gasteiger partial charge in [-0.1, -0.05) is 0 Å². The quantitative estimate of drug-likeness (QED) is 0.626. The van der Waals surface area contributed by atoms with E-state index in [4.69, 9.17) is 0 Å². The van der Waals surface area contributed by atoms with Gasteiger partial charge in [-0.25, -0.2) is 0 Å². The first-order chi connectivity index (χ1) is 8.61. The minimum Gasteiger partial charge on any atom is -0.354 e. The molecular formula is C13H23N5. The topological polar surface area (TPSA) is 54.2 Å². The van der Waals surface area contributed by atoms with Crippen molar-refractivity contribution < 1.29 is 0 Å². The van der Waals surface area contributed by atoms with E-state index in [1.807, 2.05) is 25.7 Å². The molecule has 0 amide bonds. The summed E-state index contributed by atoms with van der Waals surface area (Å²) >= 11 is 0. The molecule has 5 heteroatoms. The van der Waals surface area contributed by atoms with Crippen LogP contribution in [0.4, 0.5) is 0 Å². The second-order valence-corrected chi connectivity index (χ2v) is 4.97. The van der Waals surface area contributed by atoms with Crippen molar-refractivity contribution in [3.63, 3.8) is 0 Å². The predicted molar refractivity (Wildman–Crippen MR) is 73.7 cm³/mol. The first-order valence-electron chi connectivity index (χ1n) is 6.58. The Morgan fingerprint density at radius 1 is 1.44 bits per heavy atom. The molecule has 18 heavy (non-hydrogen) atoms. The van der Waals surface area contributed by atoms with Gasteiger partial charge in [0, 0.05) is 37.9 Å². The molecule has 0 bridgehead atoms. The van der Waals surface area contributed by atoms with Gasteiger partial charge in [0.1, 0.15) is 0 Å². The highest BCUT2D eigenvalue weighted by Gasteiger charge is 2.18. The van der Waals surface area contributed by atoms with Crippen LogP contribution in [0.3, 0.4) is 0 Å². The fourth-order valence-corrected chi connectivity index (χ4v) is 2.19. The zero-order valence-corrected chi connectivity index (χ0v) is 11.7. The van der Waals surface area contributed by atoms with Gasteiger partial charge in [0.05, 0.1) is 5.69 Å². The smallest absolute Gasteiger partial charge is 0.191 e. The third-order valence-electron chi connectivity index (χ3n) is 3.76.